The summed E-state index contributed by atoms with van der Waals surface area (Å²) in [5.41, 5.74) is 0. The van der Waals surface area contributed by atoms with Crippen LogP contribution in [0.1, 0.15) is 6.42 Å². The normalized spacial score (nSPS) is 22.0. The summed E-state index contributed by atoms with van der Waals surface area (Å²) < 4.78 is 38.3. The molecule has 1 saturated heterocycles. The Morgan fingerprint density at radius 1 is 1.33 bits per heavy atom. The summed E-state index contributed by atoms with van der Waals surface area (Å²) >= 11 is 0. The Kier molecular flexibility index (Phi) is 3.62. The minimum atomic E-state index is -3.00. The van der Waals surface area contributed by atoms with Gasteiger partial charge in [-0.05, 0) is 18.6 Å². The second kappa shape index (κ2) is 5.44. The number of carbonyl (C=O) groups excluding carboxylic acids is 1. The molecule has 2 heterocycles. The van der Waals surface area contributed by atoms with E-state index >= 15 is 0 Å². The predicted octanol–water partition coefficient (Wildman–Crippen LogP) is 0.0974. The van der Waals surface area contributed by atoms with E-state index in [1.54, 1.807) is 18.2 Å². The molecule has 21 heavy (non-hydrogen) atoms. The molecule has 0 radical (unpaired) electrons. The minimum absolute atomic E-state index is 0.00274. The number of carbonyl (C=O) groups is 1. The third kappa shape index (κ3) is 3.38. The molecular weight excluding hydrogens is 298 g/mol. The lowest BCUT2D eigenvalue weighted by Crippen LogP contribution is -2.38. The average molecular weight is 313 g/mol. The highest BCUT2D eigenvalue weighted by Gasteiger charge is 2.28. The van der Waals surface area contributed by atoms with Gasteiger partial charge in [0.1, 0.15) is 5.75 Å². The van der Waals surface area contributed by atoms with Crippen molar-refractivity contribution in [1.82, 2.24) is 5.32 Å². The van der Waals surface area contributed by atoms with E-state index in [1.807, 2.05) is 0 Å². The molecule has 2 aliphatic heterocycles. The van der Waals surface area contributed by atoms with Gasteiger partial charge in [0.15, 0.2) is 27.9 Å². The summed E-state index contributed by atoms with van der Waals surface area (Å²) in [6, 6.07) is 4.72. The topological polar surface area (TPSA) is 90.9 Å². The van der Waals surface area contributed by atoms with Crippen LogP contribution in [0.5, 0.6) is 17.2 Å². The Morgan fingerprint density at radius 3 is 2.90 bits per heavy atom. The van der Waals surface area contributed by atoms with Gasteiger partial charge >= 0.3 is 0 Å². The van der Waals surface area contributed by atoms with Crippen LogP contribution in [-0.4, -0.2) is 45.3 Å². The molecule has 114 valence electrons. The number of ether oxygens (including phenoxy) is 3. The SMILES string of the molecule is O=C(COc1ccc2c(c1)OCO2)N[C@@H]1CCS(=O)(=O)C1. The maximum atomic E-state index is 11.7. The molecule has 0 unspecified atom stereocenters. The first-order chi connectivity index (χ1) is 10.0. The zero-order chi connectivity index (χ0) is 14.9. The molecule has 0 saturated carbocycles. The van der Waals surface area contributed by atoms with Gasteiger partial charge in [0, 0.05) is 12.1 Å². The summed E-state index contributed by atoms with van der Waals surface area (Å²) in [6.45, 7) is 0.00557. The quantitative estimate of drug-likeness (QED) is 0.847. The summed E-state index contributed by atoms with van der Waals surface area (Å²) in [6.07, 6.45) is 0.456. The van der Waals surface area contributed by atoms with Crippen LogP contribution in [0.3, 0.4) is 0 Å². The van der Waals surface area contributed by atoms with Gasteiger partial charge in [0.25, 0.3) is 5.91 Å². The Hall–Kier alpha value is -1.96. The van der Waals surface area contributed by atoms with Crippen LogP contribution in [0.15, 0.2) is 18.2 Å². The monoisotopic (exact) mass is 313 g/mol. The molecule has 8 heteroatoms. The van der Waals surface area contributed by atoms with Crippen LogP contribution in [-0.2, 0) is 14.6 Å². The highest BCUT2D eigenvalue weighted by Crippen LogP contribution is 2.34. The number of hydrogen-bond acceptors (Lipinski definition) is 6. The number of amides is 1. The molecule has 0 aromatic heterocycles. The maximum absolute atomic E-state index is 11.7. The van der Waals surface area contributed by atoms with Crippen LogP contribution in [0, 0.1) is 0 Å². The van der Waals surface area contributed by atoms with Crippen LogP contribution in [0.4, 0.5) is 0 Å². The van der Waals surface area contributed by atoms with Crippen molar-refractivity contribution in [3.63, 3.8) is 0 Å². The lowest BCUT2D eigenvalue weighted by molar-refractivity contribution is -0.123. The van der Waals surface area contributed by atoms with E-state index < -0.39 is 9.84 Å². The van der Waals surface area contributed by atoms with Gasteiger partial charge < -0.3 is 19.5 Å². The third-order valence-corrected chi connectivity index (χ3v) is 5.08. The van der Waals surface area contributed by atoms with E-state index in [2.05, 4.69) is 5.32 Å². The lowest BCUT2D eigenvalue weighted by Gasteiger charge is -2.11. The van der Waals surface area contributed by atoms with Gasteiger partial charge in [-0.3, -0.25) is 4.79 Å². The third-order valence-electron chi connectivity index (χ3n) is 3.31. The molecule has 2 aliphatic rings. The molecule has 1 aromatic carbocycles. The Morgan fingerprint density at radius 2 is 2.14 bits per heavy atom. The first kappa shape index (κ1) is 14.0. The molecule has 1 fully saturated rings. The fourth-order valence-corrected chi connectivity index (χ4v) is 3.97. The summed E-state index contributed by atoms with van der Waals surface area (Å²) in [5.74, 6) is 1.50. The van der Waals surface area contributed by atoms with Crippen LogP contribution in [0.25, 0.3) is 0 Å². The van der Waals surface area contributed by atoms with Gasteiger partial charge in [0.05, 0.1) is 11.5 Å². The summed E-state index contributed by atoms with van der Waals surface area (Å²) in [7, 11) is -3.00. The standard InChI is InChI=1S/C13H15NO6S/c15-13(14-9-3-4-21(16,17)7-9)6-18-10-1-2-11-12(5-10)20-8-19-11/h1-2,5,9H,3-4,6-8H2,(H,14,15)/t9-/m1/s1. The predicted molar refractivity (Wildman–Crippen MR) is 73.3 cm³/mol. The number of benzene rings is 1. The van der Waals surface area contributed by atoms with E-state index in [9.17, 15) is 13.2 Å². The minimum Gasteiger partial charge on any atom is -0.484 e. The van der Waals surface area contributed by atoms with E-state index in [-0.39, 0.29) is 36.9 Å². The van der Waals surface area contributed by atoms with Crippen molar-refractivity contribution in [2.75, 3.05) is 24.9 Å². The first-order valence-electron chi connectivity index (χ1n) is 6.54. The fraction of sp³-hybridized carbons (Fsp3) is 0.462. The molecule has 1 aromatic rings. The molecule has 7 nitrogen and oxygen atoms in total. The number of nitrogens with one attached hydrogen (secondary N) is 1. The van der Waals surface area contributed by atoms with Crippen molar-refractivity contribution in [1.29, 1.82) is 0 Å². The van der Waals surface area contributed by atoms with E-state index in [1.165, 1.54) is 0 Å². The molecule has 0 aliphatic carbocycles. The van der Waals surface area contributed by atoms with E-state index in [0.29, 0.717) is 23.7 Å². The van der Waals surface area contributed by atoms with Gasteiger partial charge in [0.2, 0.25) is 6.79 Å². The highest BCUT2D eigenvalue weighted by molar-refractivity contribution is 7.91. The van der Waals surface area contributed by atoms with Crippen molar-refractivity contribution >= 4 is 15.7 Å². The molecule has 3 rings (SSSR count). The van der Waals surface area contributed by atoms with Gasteiger partial charge in [-0.25, -0.2) is 8.42 Å². The van der Waals surface area contributed by atoms with Crippen LogP contribution < -0.4 is 19.5 Å². The molecule has 1 amide bonds. The molecule has 0 spiro atoms. The molecule has 0 bridgehead atoms. The first-order valence-corrected chi connectivity index (χ1v) is 8.36. The lowest BCUT2D eigenvalue weighted by atomic mass is 10.2. The maximum Gasteiger partial charge on any atom is 0.258 e. The summed E-state index contributed by atoms with van der Waals surface area (Å²) in [4.78, 5) is 11.7. The fourth-order valence-electron chi connectivity index (χ4n) is 2.29. The Labute approximate surface area is 122 Å². The van der Waals surface area contributed by atoms with E-state index in [4.69, 9.17) is 14.2 Å². The van der Waals surface area contributed by atoms with Gasteiger partial charge in [-0.2, -0.15) is 0 Å². The van der Waals surface area contributed by atoms with Crippen LogP contribution >= 0.6 is 0 Å². The van der Waals surface area contributed by atoms with E-state index in [0.717, 1.165) is 0 Å². The number of hydrogen-bond donors (Lipinski definition) is 1. The van der Waals surface area contributed by atoms with Crippen molar-refractivity contribution in [2.24, 2.45) is 0 Å². The second-order valence-corrected chi connectivity index (χ2v) is 7.20. The Bertz CT molecular complexity index is 657. The Balaban J connectivity index is 1.50. The molecule has 1 atom stereocenters. The number of fused-ring (bicyclic) bond motifs is 1. The largest absolute Gasteiger partial charge is 0.484 e. The number of rotatable bonds is 4. The summed E-state index contributed by atoms with van der Waals surface area (Å²) in [5, 5.41) is 2.66. The van der Waals surface area contributed by atoms with Crippen molar-refractivity contribution in [3.8, 4) is 17.2 Å². The average Bonchev–Trinajstić information content (AvgIpc) is 3.02. The van der Waals surface area contributed by atoms with Crippen LogP contribution in [0.2, 0.25) is 0 Å². The molecule has 1 N–H and O–H groups in total. The van der Waals surface area contributed by atoms with Crippen molar-refractivity contribution in [3.05, 3.63) is 18.2 Å². The second-order valence-electron chi connectivity index (χ2n) is 4.97. The zero-order valence-electron chi connectivity index (χ0n) is 11.2. The van der Waals surface area contributed by atoms with Gasteiger partial charge in [-0.15, -0.1) is 0 Å². The highest BCUT2D eigenvalue weighted by atomic mass is 32.2. The zero-order valence-corrected chi connectivity index (χ0v) is 12.0. The number of sulfone groups is 1. The molecular formula is C13H15NO6S. The van der Waals surface area contributed by atoms with Crippen molar-refractivity contribution < 1.29 is 27.4 Å². The smallest absolute Gasteiger partial charge is 0.258 e. The van der Waals surface area contributed by atoms with Crippen molar-refractivity contribution in [2.45, 2.75) is 12.5 Å². The van der Waals surface area contributed by atoms with Gasteiger partial charge in [-0.1, -0.05) is 0 Å².